The van der Waals surface area contributed by atoms with E-state index in [2.05, 4.69) is 43.9 Å². The Bertz CT molecular complexity index is 663. The maximum absolute atomic E-state index is 6.50. The first-order chi connectivity index (χ1) is 14.2. The van der Waals surface area contributed by atoms with Crippen LogP contribution >= 0.6 is 11.6 Å². The number of halogens is 1. The van der Waals surface area contributed by atoms with E-state index in [-0.39, 0.29) is 0 Å². The lowest BCUT2D eigenvalue weighted by Gasteiger charge is -2.37. The number of hydrogen-bond acceptors (Lipinski definition) is 0. The number of unbranched alkanes of at least 4 members (excludes halogenated alkanes) is 2. The fourth-order valence-corrected chi connectivity index (χ4v) is 5.95. The van der Waals surface area contributed by atoms with E-state index in [1.807, 2.05) is 0 Å². The Labute approximate surface area is 185 Å². The van der Waals surface area contributed by atoms with E-state index in [4.69, 9.17) is 11.6 Å². The topological polar surface area (TPSA) is 0 Å². The van der Waals surface area contributed by atoms with Crippen LogP contribution < -0.4 is 0 Å². The average Bonchev–Trinajstić information content (AvgIpc) is 2.75. The number of rotatable bonds is 7. The van der Waals surface area contributed by atoms with E-state index in [0.717, 1.165) is 34.8 Å². The van der Waals surface area contributed by atoms with Gasteiger partial charge in [0.15, 0.2) is 0 Å². The van der Waals surface area contributed by atoms with Gasteiger partial charge in [-0.25, -0.2) is 0 Å². The van der Waals surface area contributed by atoms with Crippen LogP contribution in [0.25, 0.3) is 0 Å². The van der Waals surface area contributed by atoms with Crippen LogP contribution in [0.15, 0.2) is 18.2 Å². The van der Waals surface area contributed by atoms with Gasteiger partial charge in [-0.1, -0.05) is 81.9 Å². The minimum atomic E-state index is 0.589. The molecule has 160 valence electrons. The lowest BCUT2D eigenvalue weighted by atomic mass is 9.69. The van der Waals surface area contributed by atoms with Crippen molar-refractivity contribution in [3.8, 4) is 11.8 Å². The zero-order valence-corrected chi connectivity index (χ0v) is 19.6. The molecule has 29 heavy (non-hydrogen) atoms. The smallest absolute Gasteiger partial charge is 0.0450 e. The molecule has 0 heterocycles. The fraction of sp³-hybridized carbons (Fsp3) is 0.714. The van der Waals surface area contributed by atoms with Gasteiger partial charge in [0.1, 0.15) is 0 Å². The van der Waals surface area contributed by atoms with Crippen molar-refractivity contribution in [2.45, 2.75) is 104 Å². The van der Waals surface area contributed by atoms with Crippen molar-refractivity contribution < 1.29 is 0 Å². The molecule has 1 aromatic carbocycles. The van der Waals surface area contributed by atoms with E-state index in [9.17, 15) is 0 Å². The highest BCUT2D eigenvalue weighted by atomic mass is 35.5. The molecule has 0 atom stereocenters. The lowest BCUT2D eigenvalue weighted by molar-refractivity contribution is 0.154. The van der Waals surface area contributed by atoms with Crippen LogP contribution in [0.1, 0.15) is 108 Å². The van der Waals surface area contributed by atoms with Gasteiger partial charge in [0, 0.05) is 16.5 Å². The Morgan fingerprint density at radius 2 is 1.55 bits per heavy atom. The van der Waals surface area contributed by atoms with E-state index in [1.165, 1.54) is 89.0 Å². The molecule has 0 amide bonds. The molecule has 0 aromatic heterocycles. The predicted molar refractivity (Wildman–Crippen MR) is 127 cm³/mol. The third-order valence-electron chi connectivity index (χ3n) is 7.55. The van der Waals surface area contributed by atoms with Crippen LogP contribution in [-0.2, 0) is 6.42 Å². The molecule has 2 aliphatic rings. The van der Waals surface area contributed by atoms with Gasteiger partial charge in [-0.15, -0.1) is 0 Å². The molecule has 0 saturated heterocycles. The first kappa shape index (κ1) is 22.7. The van der Waals surface area contributed by atoms with Crippen molar-refractivity contribution in [2.75, 3.05) is 0 Å². The summed E-state index contributed by atoms with van der Waals surface area (Å²) in [5, 5.41) is 0.898. The molecule has 0 bridgehead atoms. The molecule has 2 saturated carbocycles. The van der Waals surface area contributed by atoms with Gasteiger partial charge in [0.25, 0.3) is 0 Å². The van der Waals surface area contributed by atoms with Crippen molar-refractivity contribution in [1.82, 2.24) is 0 Å². The second kappa shape index (κ2) is 12.1. The number of benzene rings is 1. The summed E-state index contributed by atoms with van der Waals surface area (Å²) in [5.41, 5.74) is 2.37. The molecular weight excluding hydrogens is 372 g/mol. The maximum Gasteiger partial charge on any atom is 0.0450 e. The Balaban J connectivity index is 1.44. The molecule has 0 aliphatic heterocycles. The minimum Gasteiger partial charge on any atom is -0.0945 e. The zero-order chi connectivity index (χ0) is 20.5. The standard InChI is InChI=1S/C28H41Cl/c1-3-5-6-8-27-20-15-24(21-28(27)29)10-9-23-13-18-26(19-14-23)25-16-11-22(7-4-2)12-17-25/h15,20-23,25-26H,3-8,11-14,16-19H2,1-2H3/t22-,23-,25-,26-. The third kappa shape index (κ3) is 7.07. The summed E-state index contributed by atoms with van der Waals surface area (Å²) in [5.74, 6) is 10.6. The SMILES string of the molecule is CCCCCc1ccc(C#C[C@H]2CC[C@H]([C@H]3CC[C@H](CCC)CC3)CC2)cc1Cl. The molecule has 3 rings (SSSR count). The quantitative estimate of drug-likeness (QED) is 0.310. The minimum absolute atomic E-state index is 0.589. The second-order valence-corrected chi connectivity index (χ2v) is 10.1. The zero-order valence-electron chi connectivity index (χ0n) is 18.8. The predicted octanol–water partition coefficient (Wildman–Crippen LogP) is 8.84. The van der Waals surface area contributed by atoms with E-state index in [0.29, 0.717) is 5.92 Å². The lowest BCUT2D eigenvalue weighted by Crippen LogP contribution is -2.25. The Kier molecular flexibility index (Phi) is 9.45. The highest BCUT2D eigenvalue weighted by Gasteiger charge is 2.30. The molecule has 0 nitrogen and oxygen atoms in total. The van der Waals surface area contributed by atoms with Gasteiger partial charge in [-0.2, -0.15) is 0 Å². The van der Waals surface area contributed by atoms with Crippen LogP contribution in [0.4, 0.5) is 0 Å². The largest absolute Gasteiger partial charge is 0.0945 e. The molecule has 2 fully saturated rings. The van der Waals surface area contributed by atoms with Gasteiger partial charge < -0.3 is 0 Å². The summed E-state index contributed by atoms with van der Waals surface area (Å²) in [7, 11) is 0. The molecular formula is C28H41Cl. The summed E-state index contributed by atoms with van der Waals surface area (Å²) in [6, 6.07) is 6.44. The van der Waals surface area contributed by atoms with Gasteiger partial charge in [-0.05, 0) is 86.8 Å². The number of hydrogen-bond donors (Lipinski definition) is 0. The number of aryl methyl sites for hydroxylation is 1. The maximum atomic E-state index is 6.50. The molecule has 0 spiro atoms. The van der Waals surface area contributed by atoms with Crippen molar-refractivity contribution in [2.24, 2.45) is 23.7 Å². The van der Waals surface area contributed by atoms with Gasteiger partial charge in [-0.3, -0.25) is 0 Å². The van der Waals surface area contributed by atoms with Crippen LogP contribution in [-0.4, -0.2) is 0 Å². The van der Waals surface area contributed by atoms with Gasteiger partial charge >= 0.3 is 0 Å². The molecule has 0 N–H and O–H groups in total. The first-order valence-electron chi connectivity index (χ1n) is 12.5. The van der Waals surface area contributed by atoms with Gasteiger partial charge in [0.05, 0.1) is 0 Å². The van der Waals surface area contributed by atoms with E-state index in [1.54, 1.807) is 0 Å². The van der Waals surface area contributed by atoms with Gasteiger partial charge in [0.2, 0.25) is 0 Å². The third-order valence-corrected chi connectivity index (χ3v) is 7.90. The van der Waals surface area contributed by atoms with Crippen molar-refractivity contribution >= 4 is 11.6 Å². The first-order valence-corrected chi connectivity index (χ1v) is 12.9. The Hall–Kier alpha value is -0.930. The fourth-order valence-electron chi connectivity index (χ4n) is 5.67. The average molecular weight is 413 g/mol. The highest BCUT2D eigenvalue weighted by molar-refractivity contribution is 6.31. The van der Waals surface area contributed by atoms with Crippen LogP contribution in [0.5, 0.6) is 0 Å². The normalized spacial score (nSPS) is 27.3. The molecule has 0 radical (unpaired) electrons. The van der Waals surface area contributed by atoms with Crippen LogP contribution in [0, 0.1) is 35.5 Å². The highest BCUT2D eigenvalue weighted by Crippen LogP contribution is 2.42. The monoisotopic (exact) mass is 412 g/mol. The summed E-state index contributed by atoms with van der Waals surface area (Å²) in [6.07, 6.45) is 19.1. The Morgan fingerprint density at radius 1 is 0.862 bits per heavy atom. The molecule has 1 aromatic rings. The van der Waals surface area contributed by atoms with E-state index < -0.39 is 0 Å². The molecule has 1 heteroatoms. The molecule has 0 unspecified atom stereocenters. The Morgan fingerprint density at radius 3 is 2.17 bits per heavy atom. The van der Waals surface area contributed by atoms with Crippen molar-refractivity contribution in [3.05, 3.63) is 34.3 Å². The molecule has 2 aliphatic carbocycles. The van der Waals surface area contributed by atoms with Crippen LogP contribution in [0.2, 0.25) is 5.02 Å². The van der Waals surface area contributed by atoms with Crippen molar-refractivity contribution in [1.29, 1.82) is 0 Å². The summed E-state index contributed by atoms with van der Waals surface area (Å²) in [6.45, 7) is 4.58. The second-order valence-electron chi connectivity index (χ2n) is 9.71. The summed E-state index contributed by atoms with van der Waals surface area (Å²) >= 11 is 6.50. The van der Waals surface area contributed by atoms with Crippen molar-refractivity contribution in [3.63, 3.8) is 0 Å². The summed E-state index contributed by atoms with van der Waals surface area (Å²) < 4.78 is 0. The summed E-state index contributed by atoms with van der Waals surface area (Å²) in [4.78, 5) is 0. The van der Waals surface area contributed by atoms with E-state index >= 15 is 0 Å². The van der Waals surface area contributed by atoms with Crippen LogP contribution in [0.3, 0.4) is 0 Å².